The maximum Gasteiger partial charge on any atom is 0.262 e. The number of rotatable bonds is 3. The molecule has 114 valence electrons. The summed E-state index contributed by atoms with van der Waals surface area (Å²) in [5.41, 5.74) is 2.09. The number of pyridine rings is 1. The third-order valence-electron chi connectivity index (χ3n) is 3.38. The molecule has 0 aliphatic heterocycles. The number of fused-ring (bicyclic) bond motifs is 1. The van der Waals surface area contributed by atoms with Crippen LogP contribution >= 0.6 is 0 Å². The van der Waals surface area contributed by atoms with Gasteiger partial charge in [-0.3, -0.25) is 9.71 Å². The second kappa shape index (κ2) is 5.71. The van der Waals surface area contributed by atoms with Gasteiger partial charge in [-0.1, -0.05) is 24.3 Å². The van der Waals surface area contributed by atoms with Crippen LogP contribution in [0, 0.1) is 18.3 Å². The van der Waals surface area contributed by atoms with E-state index in [0.29, 0.717) is 16.8 Å². The molecule has 1 heterocycles. The maximum atomic E-state index is 12.6. The number of anilines is 1. The normalized spacial score (nSPS) is 11.1. The monoisotopic (exact) mass is 323 g/mol. The summed E-state index contributed by atoms with van der Waals surface area (Å²) in [6.07, 6.45) is 0. The Balaban J connectivity index is 2.07. The molecular formula is C17H13N3O2S. The second-order valence-corrected chi connectivity index (χ2v) is 6.76. The molecular weight excluding hydrogens is 310 g/mol. The molecule has 1 aromatic heterocycles. The minimum atomic E-state index is -3.79. The predicted octanol–water partition coefficient (Wildman–Crippen LogP) is 3.22. The fourth-order valence-corrected chi connectivity index (χ4v) is 3.38. The SMILES string of the molecule is Cc1ccc2cccc(NS(=O)(=O)c3cccc(C#N)c3)c2n1. The smallest absolute Gasteiger partial charge is 0.262 e. The Kier molecular flexibility index (Phi) is 3.72. The molecule has 23 heavy (non-hydrogen) atoms. The third-order valence-corrected chi connectivity index (χ3v) is 4.74. The average Bonchev–Trinajstić information content (AvgIpc) is 2.55. The number of hydrogen-bond donors (Lipinski definition) is 1. The van der Waals surface area contributed by atoms with E-state index in [1.54, 1.807) is 24.3 Å². The van der Waals surface area contributed by atoms with E-state index in [-0.39, 0.29) is 4.90 Å². The highest BCUT2D eigenvalue weighted by Gasteiger charge is 2.16. The molecule has 3 rings (SSSR count). The van der Waals surface area contributed by atoms with Crippen molar-refractivity contribution in [2.75, 3.05) is 4.72 Å². The number of hydrogen-bond acceptors (Lipinski definition) is 4. The van der Waals surface area contributed by atoms with Crippen LogP contribution < -0.4 is 4.72 Å². The number of benzene rings is 2. The van der Waals surface area contributed by atoms with Crippen LogP contribution in [0.5, 0.6) is 0 Å². The van der Waals surface area contributed by atoms with Crippen LogP contribution in [0.1, 0.15) is 11.3 Å². The van der Waals surface area contributed by atoms with Crippen molar-refractivity contribution in [3.05, 3.63) is 65.9 Å². The summed E-state index contributed by atoms with van der Waals surface area (Å²) in [6, 6.07) is 16.9. The zero-order chi connectivity index (χ0) is 16.4. The number of nitrogens with zero attached hydrogens (tertiary/aromatic N) is 2. The highest BCUT2D eigenvalue weighted by molar-refractivity contribution is 7.92. The van der Waals surface area contributed by atoms with Gasteiger partial charge in [-0.05, 0) is 37.3 Å². The summed E-state index contributed by atoms with van der Waals surface area (Å²) in [5.74, 6) is 0. The summed E-state index contributed by atoms with van der Waals surface area (Å²) in [4.78, 5) is 4.45. The van der Waals surface area contributed by atoms with Gasteiger partial charge >= 0.3 is 0 Å². The van der Waals surface area contributed by atoms with Gasteiger partial charge in [0.2, 0.25) is 0 Å². The number of para-hydroxylation sites is 1. The summed E-state index contributed by atoms with van der Waals surface area (Å²) >= 11 is 0. The maximum absolute atomic E-state index is 12.6. The molecule has 0 saturated carbocycles. The van der Waals surface area contributed by atoms with E-state index in [9.17, 15) is 8.42 Å². The summed E-state index contributed by atoms with van der Waals surface area (Å²) in [7, 11) is -3.79. The van der Waals surface area contributed by atoms with E-state index in [1.807, 2.05) is 31.2 Å². The zero-order valence-corrected chi connectivity index (χ0v) is 13.1. The van der Waals surface area contributed by atoms with Crippen LogP contribution in [0.4, 0.5) is 5.69 Å². The molecule has 0 aliphatic rings. The first-order valence-electron chi connectivity index (χ1n) is 6.89. The Bertz CT molecular complexity index is 1040. The van der Waals surface area contributed by atoms with Gasteiger partial charge in [0, 0.05) is 11.1 Å². The summed E-state index contributed by atoms with van der Waals surface area (Å²) < 4.78 is 27.7. The first-order valence-corrected chi connectivity index (χ1v) is 8.37. The Morgan fingerprint density at radius 2 is 1.87 bits per heavy atom. The molecule has 0 fully saturated rings. The lowest BCUT2D eigenvalue weighted by Crippen LogP contribution is -2.13. The second-order valence-electron chi connectivity index (χ2n) is 5.08. The minimum Gasteiger partial charge on any atom is -0.277 e. The van der Waals surface area contributed by atoms with Gasteiger partial charge in [-0.25, -0.2) is 8.42 Å². The van der Waals surface area contributed by atoms with Crippen LogP contribution in [0.3, 0.4) is 0 Å². The topological polar surface area (TPSA) is 82.9 Å². The summed E-state index contributed by atoms with van der Waals surface area (Å²) in [6.45, 7) is 1.85. The van der Waals surface area contributed by atoms with Crippen LogP contribution in [-0.4, -0.2) is 13.4 Å². The molecule has 3 aromatic rings. The highest BCUT2D eigenvalue weighted by Crippen LogP contribution is 2.24. The van der Waals surface area contributed by atoms with Crippen molar-refractivity contribution in [2.24, 2.45) is 0 Å². The van der Waals surface area contributed by atoms with Crippen molar-refractivity contribution >= 4 is 26.6 Å². The van der Waals surface area contributed by atoms with Gasteiger partial charge in [0.05, 0.1) is 27.7 Å². The lowest BCUT2D eigenvalue weighted by Gasteiger charge is -2.10. The molecule has 0 unspecified atom stereocenters. The van der Waals surface area contributed by atoms with Gasteiger partial charge in [0.1, 0.15) is 0 Å². The Hall–Kier alpha value is -2.91. The van der Waals surface area contributed by atoms with E-state index < -0.39 is 10.0 Å². The third kappa shape index (κ3) is 3.00. The Labute approximate surface area is 134 Å². The molecule has 0 bridgehead atoms. The van der Waals surface area contributed by atoms with Crippen LogP contribution in [-0.2, 0) is 10.0 Å². The Morgan fingerprint density at radius 1 is 1.09 bits per heavy atom. The molecule has 1 N–H and O–H groups in total. The quantitative estimate of drug-likeness (QED) is 0.802. The van der Waals surface area contributed by atoms with Gasteiger partial charge in [0.25, 0.3) is 10.0 Å². The molecule has 0 amide bonds. The van der Waals surface area contributed by atoms with Gasteiger partial charge < -0.3 is 0 Å². The standard InChI is InChI=1S/C17H13N3O2S/c1-12-8-9-14-5-3-7-16(17(14)19-12)20-23(21,22)15-6-2-4-13(10-15)11-18/h2-10,20H,1H3. The average molecular weight is 323 g/mol. The largest absolute Gasteiger partial charge is 0.277 e. The number of sulfonamides is 1. The van der Waals surface area contributed by atoms with Crippen molar-refractivity contribution < 1.29 is 8.42 Å². The van der Waals surface area contributed by atoms with E-state index >= 15 is 0 Å². The molecule has 0 atom stereocenters. The molecule has 0 saturated heterocycles. The molecule has 0 radical (unpaired) electrons. The number of nitriles is 1. The van der Waals surface area contributed by atoms with E-state index in [2.05, 4.69) is 9.71 Å². The van der Waals surface area contributed by atoms with Crippen molar-refractivity contribution in [3.63, 3.8) is 0 Å². The fourth-order valence-electron chi connectivity index (χ4n) is 2.26. The Morgan fingerprint density at radius 3 is 2.65 bits per heavy atom. The van der Waals surface area contributed by atoms with Crippen molar-refractivity contribution in [1.29, 1.82) is 5.26 Å². The lowest BCUT2D eigenvalue weighted by molar-refractivity contribution is 0.601. The van der Waals surface area contributed by atoms with Crippen LogP contribution in [0.15, 0.2) is 59.5 Å². The first-order chi connectivity index (χ1) is 11.0. The zero-order valence-electron chi connectivity index (χ0n) is 12.3. The summed E-state index contributed by atoms with van der Waals surface area (Å²) in [5, 5.41) is 9.76. The molecule has 2 aromatic carbocycles. The highest BCUT2D eigenvalue weighted by atomic mass is 32.2. The van der Waals surface area contributed by atoms with Gasteiger partial charge in [0.15, 0.2) is 0 Å². The predicted molar refractivity (Wildman–Crippen MR) is 88.4 cm³/mol. The van der Waals surface area contributed by atoms with Crippen molar-refractivity contribution in [1.82, 2.24) is 4.98 Å². The van der Waals surface area contributed by atoms with Crippen LogP contribution in [0.25, 0.3) is 10.9 Å². The number of aromatic nitrogens is 1. The molecule has 0 aliphatic carbocycles. The number of aryl methyl sites for hydroxylation is 1. The molecule has 5 nitrogen and oxygen atoms in total. The van der Waals surface area contributed by atoms with Crippen molar-refractivity contribution in [2.45, 2.75) is 11.8 Å². The number of nitrogens with one attached hydrogen (secondary N) is 1. The fraction of sp³-hybridized carbons (Fsp3) is 0.0588. The van der Waals surface area contributed by atoms with E-state index in [1.165, 1.54) is 12.1 Å². The molecule has 0 spiro atoms. The minimum absolute atomic E-state index is 0.0428. The first kappa shape index (κ1) is 15.0. The van der Waals surface area contributed by atoms with Crippen molar-refractivity contribution in [3.8, 4) is 6.07 Å². The lowest BCUT2D eigenvalue weighted by atomic mass is 10.2. The van der Waals surface area contributed by atoms with Gasteiger partial charge in [-0.2, -0.15) is 5.26 Å². The van der Waals surface area contributed by atoms with Gasteiger partial charge in [-0.15, -0.1) is 0 Å². The van der Waals surface area contributed by atoms with E-state index in [4.69, 9.17) is 5.26 Å². The van der Waals surface area contributed by atoms with Crippen LogP contribution in [0.2, 0.25) is 0 Å². The van der Waals surface area contributed by atoms with E-state index in [0.717, 1.165) is 11.1 Å². The molecule has 6 heteroatoms.